The fraction of sp³-hybridized carbons (Fsp3) is 0.0476. The first-order chi connectivity index (χ1) is 12.8. The van der Waals surface area contributed by atoms with Gasteiger partial charge in [-0.25, -0.2) is 9.97 Å². The SMILES string of the molecule is C1=Cc2cc3ccc(cc4nc(cc5ccc(cc1n2)[nH]5)C=C4)[nH]3.CO.[Ca+2].[Cl-].[Cl-].[Cl-].[Cl-].[Cl-].[P+3]. The largest absolute Gasteiger partial charge is 3.00 e. The predicted molar refractivity (Wildman–Crippen MR) is 120 cm³/mol. The van der Waals surface area contributed by atoms with Gasteiger partial charge in [-0.2, -0.15) is 0 Å². The third-order valence-corrected chi connectivity index (χ3v) is 4.04. The average molecular weight is 591 g/mol. The van der Waals surface area contributed by atoms with E-state index in [1.165, 1.54) is 0 Å². The molecule has 3 N–H and O–H groups in total. The topological polar surface area (TPSA) is 77.6 Å². The molecule has 0 unspecified atom stereocenters. The third kappa shape index (κ3) is 10.5. The maximum Gasteiger partial charge on any atom is 3.00 e. The van der Waals surface area contributed by atoms with Crippen LogP contribution in [-0.2, 0) is 0 Å². The van der Waals surface area contributed by atoms with Crippen molar-refractivity contribution in [1.29, 1.82) is 0 Å². The van der Waals surface area contributed by atoms with Gasteiger partial charge in [-0.1, -0.05) is 0 Å². The summed E-state index contributed by atoms with van der Waals surface area (Å²) in [6.07, 6.45) is 8.09. The number of hydrogen-bond acceptors (Lipinski definition) is 3. The molecule has 5 rings (SSSR count). The standard InChI is InChI=1S/C20H14N4.CH4O.Ca.5ClH.P/c1-2-14-10-16-5-6-18(23-16)12-20-8-7-19(24-20)11-17-4-3-15(22-17)9-13(1)21-14;1-2;;;;;;;/h1-12,21,24H;2H,1H3;;5*1H;/q;;+2;;;;;;+3/p-5. The minimum Gasteiger partial charge on any atom is -1.00 e. The van der Waals surface area contributed by atoms with Crippen LogP contribution in [0.4, 0.5) is 0 Å². The quantitative estimate of drug-likeness (QED) is 0.124. The molecule has 0 saturated heterocycles. The molecule has 170 valence electrons. The van der Waals surface area contributed by atoms with Gasteiger partial charge < -0.3 is 77.1 Å². The maximum absolute atomic E-state index is 7.00. The number of halogens is 5. The summed E-state index contributed by atoms with van der Waals surface area (Å²) in [5.74, 6) is 0. The van der Waals surface area contributed by atoms with E-state index in [-0.39, 0.29) is 110 Å². The van der Waals surface area contributed by atoms with Crippen molar-refractivity contribution in [2.45, 2.75) is 0 Å². The van der Waals surface area contributed by atoms with Crippen molar-refractivity contribution in [1.82, 2.24) is 19.9 Å². The van der Waals surface area contributed by atoms with Crippen LogP contribution in [0.25, 0.3) is 46.4 Å². The van der Waals surface area contributed by atoms with Crippen molar-refractivity contribution in [3.63, 3.8) is 0 Å². The minimum atomic E-state index is 0. The maximum atomic E-state index is 7.00. The zero-order valence-corrected chi connectivity index (χ0v) is 24.2. The Bertz CT molecular complexity index is 1020. The zero-order valence-electron chi connectivity index (χ0n) is 17.3. The van der Waals surface area contributed by atoms with E-state index in [1.807, 2.05) is 48.6 Å². The van der Waals surface area contributed by atoms with Gasteiger partial charge >= 0.3 is 47.6 Å². The van der Waals surface area contributed by atoms with Gasteiger partial charge in [0, 0.05) is 29.2 Å². The molecule has 3 aromatic rings. The van der Waals surface area contributed by atoms with Crippen LogP contribution in [0.1, 0.15) is 22.8 Å². The van der Waals surface area contributed by atoms with Crippen molar-refractivity contribution in [2.75, 3.05) is 7.11 Å². The van der Waals surface area contributed by atoms with Gasteiger partial charge in [-0.3, -0.25) is 0 Å². The van der Waals surface area contributed by atoms with E-state index in [9.17, 15) is 0 Å². The minimum absolute atomic E-state index is 0. The van der Waals surface area contributed by atoms with E-state index >= 15 is 0 Å². The number of H-pyrrole nitrogens is 2. The fourth-order valence-electron chi connectivity index (χ4n) is 2.94. The number of aliphatic hydroxyl groups excluding tert-OH is 1. The molecule has 2 aliphatic heterocycles. The molecule has 5 nitrogen and oxygen atoms in total. The van der Waals surface area contributed by atoms with Crippen molar-refractivity contribution in [3.05, 3.63) is 71.3 Å². The second kappa shape index (κ2) is 19.0. The number of aliphatic hydroxyl groups is 1. The summed E-state index contributed by atoms with van der Waals surface area (Å²) < 4.78 is 0. The smallest absolute Gasteiger partial charge is 1.00 e. The molecule has 2 aliphatic rings. The molecule has 2 radical (unpaired) electrons. The Labute approximate surface area is 257 Å². The van der Waals surface area contributed by atoms with Gasteiger partial charge in [-0.15, -0.1) is 0 Å². The Morgan fingerprint density at radius 1 is 0.515 bits per heavy atom. The molecule has 12 heteroatoms. The molecule has 33 heavy (non-hydrogen) atoms. The number of nitrogens with one attached hydrogen (secondary N) is 2. The molecule has 3 aromatic heterocycles. The van der Waals surface area contributed by atoms with E-state index in [0.29, 0.717) is 0 Å². The summed E-state index contributed by atoms with van der Waals surface area (Å²) in [5.41, 5.74) is 7.86. The Balaban J connectivity index is -0.000000456. The van der Waals surface area contributed by atoms with Gasteiger partial charge in [0.25, 0.3) is 0 Å². The van der Waals surface area contributed by atoms with E-state index < -0.39 is 0 Å². The van der Waals surface area contributed by atoms with Crippen LogP contribution in [0.2, 0.25) is 0 Å². The normalized spacial score (nSPS) is 9.39. The Hall–Kier alpha value is -0.300. The van der Waals surface area contributed by atoms with Crippen molar-refractivity contribution < 1.29 is 67.1 Å². The number of rotatable bonds is 0. The van der Waals surface area contributed by atoms with E-state index in [0.717, 1.165) is 52.0 Å². The first-order valence-corrected chi connectivity index (χ1v) is 8.29. The van der Waals surface area contributed by atoms with Crippen LogP contribution >= 0.6 is 9.90 Å². The van der Waals surface area contributed by atoms with Gasteiger partial charge in [0.05, 0.1) is 22.8 Å². The number of aromatic amines is 2. The number of aromatic nitrogens is 4. The summed E-state index contributed by atoms with van der Waals surface area (Å²) >= 11 is 0. The van der Waals surface area contributed by atoms with Gasteiger partial charge in [0.15, 0.2) is 0 Å². The number of hydrogen-bond donors (Lipinski definition) is 3. The molecular weight excluding hydrogens is 573 g/mol. The van der Waals surface area contributed by atoms with Crippen LogP contribution in [0.5, 0.6) is 0 Å². The average Bonchev–Trinajstić information content (AvgIpc) is 3.42. The second-order valence-electron chi connectivity index (χ2n) is 5.91. The van der Waals surface area contributed by atoms with Gasteiger partial charge in [-0.05, 0) is 72.8 Å². The number of nitrogens with zero attached hydrogens (tertiary/aromatic N) is 2. The molecule has 8 bridgehead atoms. The Morgan fingerprint density at radius 3 is 0.939 bits per heavy atom. The predicted octanol–water partition coefficient (Wildman–Crippen LogP) is -10.2. The molecule has 0 fully saturated rings. The molecule has 0 atom stereocenters. The van der Waals surface area contributed by atoms with Crippen molar-refractivity contribution in [2.24, 2.45) is 0 Å². The van der Waals surface area contributed by atoms with Crippen LogP contribution in [-0.4, -0.2) is 69.9 Å². The van der Waals surface area contributed by atoms with E-state index in [2.05, 4.69) is 44.2 Å². The van der Waals surface area contributed by atoms with Crippen molar-refractivity contribution >= 4 is 94.0 Å². The molecule has 0 aliphatic carbocycles. The molecule has 0 amide bonds. The van der Waals surface area contributed by atoms with Crippen LogP contribution < -0.4 is 62.0 Å². The van der Waals surface area contributed by atoms with Gasteiger partial charge in [0.1, 0.15) is 0 Å². The van der Waals surface area contributed by atoms with Crippen LogP contribution in [0, 0.1) is 0 Å². The Morgan fingerprint density at radius 2 is 0.727 bits per heavy atom. The van der Waals surface area contributed by atoms with E-state index in [4.69, 9.17) is 5.11 Å². The first-order valence-electron chi connectivity index (χ1n) is 8.29. The third-order valence-electron chi connectivity index (χ3n) is 4.04. The molecular formula is C21H18CaCl5N4OP. The molecule has 0 spiro atoms. The fourth-order valence-corrected chi connectivity index (χ4v) is 2.94. The number of fused-ring (bicyclic) bond motifs is 8. The summed E-state index contributed by atoms with van der Waals surface area (Å²) in [7, 11) is 1.00. The zero-order chi connectivity index (χ0) is 17.9. The summed E-state index contributed by atoms with van der Waals surface area (Å²) in [6, 6.07) is 16.4. The van der Waals surface area contributed by atoms with E-state index in [1.54, 1.807) is 0 Å². The van der Waals surface area contributed by atoms with Crippen LogP contribution in [0.3, 0.4) is 0 Å². The first kappa shape index (κ1) is 39.9. The second-order valence-corrected chi connectivity index (χ2v) is 5.91. The summed E-state index contributed by atoms with van der Waals surface area (Å²) in [6.45, 7) is 0. The molecule has 0 saturated carbocycles. The molecule has 0 aromatic carbocycles. The van der Waals surface area contributed by atoms with Crippen LogP contribution in [0.15, 0.2) is 48.5 Å². The Kier molecular flexibility index (Phi) is 22.9. The van der Waals surface area contributed by atoms with Crippen molar-refractivity contribution in [3.8, 4) is 0 Å². The summed E-state index contributed by atoms with van der Waals surface area (Å²) in [4.78, 5) is 16.0. The molecule has 5 heterocycles. The van der Waals surface area contributed by atoms with Gasteiger partial charge in [0.2, 0.25) is 0 Å². The summed E-state index contributed by atoms with van der Waals surface area (Å²) in [5, 5.41) is 7.00. The monoisotopic (exact) mass is 588 g/mol.